The number of rotatable bonds is 4. The van der Waals surface area contributed by atoms with Gasteiger partial charge in [0, 0.05) is 19.6 Å². The molecule has 5 heteroatoms. The molecule has 4 nitrogen and oxygen atoms in total. The van der Waals surface area contributed by atoms with E-state index in [1.165, 1.54) is 11.1 Å². The molecule has 1 aliphatic heterocycles. The van der Waals surface area contributed by atoms with Gasteiger partial charge < -0.3 is 9.47 Å². The molecule has 2 rings (SSSR count). The summed E-state index contributed by atoms with van der Waals surface area (Å²) in [5.74, 6) is -0.232. The molecular formula is C21H34ClNO3. The molecule has 1 saturated heterocycles. The van der Waals surface area contributed by atoms with Gasteiger partial charge in [-0.15, -0.1) is 12.4 Å². The monoisotopic (exact) mass is 383 g/mol. The average Bonchev–Trinajstić information content (AvgIpc) is 2.53. The molecule has 0 aliphatic carbocycles. The molecule has 1 fully saturated rings. The zero-order chi connectivity index (χ0) is 18.7. The number of hydrogen-bond donors (Lipinski definition) is 0. The van der Waals surface area contributed by atoms with Crippen molar-refractivity contribution >= 4 is 18.4 Å². The normalized spacial score (nSPS) is 16.1. The number of carbonyl (C=O) groups is 1. The van der Waals surface area contributed by atoms with Crippen molar-refractivity contribution in [2.45, 2.75) is 52.4 Å². The van der Waals surface area contributed by atoms with Gasteiger partial charge in [-0.2, -0.15) is 0 Å². The molecule has 0 aromatic heterocycles. The van der Waals surface area contributed by atoms with Crippen LogP contribution in [0.5, 0.6) is 0 Å². The predicted octanol–water partition coefficient (Wildman–Crippen LogP) is 4.19. The van der Waals surface area contributed by atoms with Crippen LogP contribution in [0.2, 0.25) is 0 Å². The SMILES string of the molecule is CC(C)(C)c1cc(C(=O)OCCN2CCOCC2)cc(C(C)(C)C)c1.Cl. The molecule has 1 aromatic carbocycles. The van der Waals surface area contributed by atoms with Crippen molar-refractivity contribution in [3.05, 3.63) is 34.9 Å². The standard InChI is InChI=1S/C21H33NO3.ClH/c1-20(2,3)17-13-16(14-18(15-17)21(4,5)6)19(23)25-12-9-22-7-10-24-11-8-22;/h13-15H,7-12H2,1-6H3;1H. The van der Waals surface area contributed by atoms with E-state index < -0.39 is 0 Å². The fourth-order valence-corrected chi connectivity index (χ4v) is 2.79. The number of carbonyl (C=O) groups excluding carboxylic acids is 1. The zero-order valence-electron chi connectivity index (χ0n) is 17.1. The molecule has 1 aromatic rings. The van der Waals surface area contributed by atoms with Crippen molar-refractivity contribution in [3.63, 3.8) is 0 Å². The third-order valence-electron chi connectivity index (χ3n) is 4.65. The third-order valence-corrected chi connectivity index (χ3v) is 4.65. The van der Waals surface area contributed by atoms with E-state index in [9.17, 15) is 4.79 Å². The van der Waals surface area contributed by atoms with Gasteiger partial charge in [0.25, 0.3) is 0 Å². The number of esters is 1. The van der Waals surface area contributed by atoms with Gasteiger partial charge in [-0.05, 0) is 34.1 Å². The highest BCUT2D eigenvalue weighted by Gasteiger charge is 2.22. The quantitative estimate of drug-likeness (QED) is 0.730. The Kier molecular flexibility index (Phi) is 8.12. The molecule has 0 unspecified atom stereocenters. The second-order valence-electron chi connectivity index (χ2n) is 8.89. The molecule has 0 amide bonds. The Bertz CT molecular complexity index is 564. The number of morpholine rings is 1. The third kappa shape index (κ3) is 6.57. The number of benzene rings is 1. The molecule has 1 heterocycles. The van der Waals surface area contributed by atoms with E-state index in [1.807, 2.05) is 12.1 Å². The fourth-order valence-electron chi connectivity index (χ4n) is 2.79. The molecular weight excluding hydrogens is 350 g/mol. The van der Waals surface area contributed by atoms with Gasteiger partial charge in [0.15, 0.2) is 0 Å². The Morgan fingerprint density at radius 2 is 1.50 bits per heavy atom. The van der Waals surface area contributed by atoms with Crippen LogP contribution in [0.15, 0.2) is 18.2 Å². The minimum absolute atomic E-state index is 0. The highest BCUT2D eigenvalue weighted by atomic mass is 35.5. The summed E-state index contributed by atoms with van der Waals surface area (Å²) < 4.78 is 10.9. The van der Waals surface area contributed by atoms with E-state index in [1.54, 1.807) is 0 Å². The topological polar surface area (TPSA) is 38.8 Å². The van der Waals surface area contributed by atoms with Crippen LogP contribution >= 0.6 is 12.4 Å². The van der Waals surface area contributed by atoms with E-state index >= 15 is 0 Å². The van der Waals surface area contributed by atoms with Gasteiger partial charge in [-0.25, -0.2) is 4.79 Å². The molecule has 0 N–H and O–H groups in total. The van der Waals surface area contributed by atoms with Crippen molar-refractivity contribution in [1.29, 1.82) is 0 Å². The van der Waals surface area contributed by atoms with Crippen LogP contribution in [0.3, 0.4) is 0 Å². The molecule has 0 saturated carbocycles. The van der Waals surface area contributed by atoms with Crippen molar-refractivity contribution in [3.8, 4) is 0 Å². The van der Waals surface area contributed by atoms with E-state index in [-0.39, 0.29) is 29.2 Å². The maximum Gasteiger partial charge on any atom is 0.338 e. The largest absolute Gasteiger partial charge is 0.461 e. The van der Waals surface area contributed by atoms with Crippen LogP contribution in [0.4, 0.5) is 0 Å². The second kappa shape index (κ2) is 9.20. The van der Waals surface area contributed by atoms with E-state index in [2.05, 4.69) is 52.5 Å². The van der Waals surface area contributed by atoms with Gasteiger partial charge in [0.05, 0.1) is 18.8 Å². The maximum atomic E-state index is 12.6. The van der Waals surface area contributed by atoms with Crippen LogP contribution in [0.25, 0.3) is 0 Å². The fraction of sp³-hybridized carbons (Fsp3) is 0.667. The lowest BCUT2D eigenvalue weighted by Gasteiger charge is -2.27. The summed E-state index contributed by atoms with van der Waals surface area (Å²) in [6.07, 6.45) is 0. The average molecular weight is 384 g/mol. The van der Waals surface area contributed by atoms with Gasteiger partial charge in [-0.1, -0.05) is 47.6 Å². The first-order chi connectivity index (χ1) is 11.6. The first-order valence-corrected chi connectivity index (χ1v) is 9.21. The maximum absolute atomic E-state index is 12.6. The highest BCUT2D eigenvalue weighted by Crippen LogP contribution is 2.30. The molecule has 148 valence electrons. The number of halogens is 1. The lowest BCUT2D eigenvalue weighted by Crippen LogP contribution is -2.38. The lowest BCUT2D eigenvalue weighted by atomic mass is 9.79. The summed E-state index contributed by atoms with van der Waals surface area (Å²) in [5, 5.41) is 0. The van der Waals surface area contributed by atoms with Gasteiger partial charge >= 0.3 is 5.97 Å². The molecule has 0 bridgehead atoms. The summed E-state index contributed by atoms with van der Waals surface area (Å²) in [6, 6.07) is 6.17. The minimum atomic E-state index is -0.232. The molecule has 0 radical (unpaired) electrons. The van der Waals surface area contributed by atoms with Crippen LogP contribution < -0.4 is 0 Å². The molecule has 0 atom stereocenters. The number of ether oxygens (including phenoxy) is 2. The van der Waals surface area contributed by atoms with Crippen LogP contribution in [0.1, 0.15) is 63.0 Å². The Hall–Kier alpha value is -1.10. The summed E-state index contributed by atoms with van der Waals surface area (Å²) in [6.45, 7) is 17.5. The number of nitrogens with zero attached hydrogens (tertiary/aromatic N) is 1. The smallest absolute Gasteiger partial charge is 0.338 e. The first-order valence-electron chi connectivity index (χ1n) is 9.21. The van der Waals surface area contributed by atoms with E-state index in [0.717, 1.165) is 32.8 Å². The highest BCUT2D eigenvalue weighted by molar-refractivity contribution is 5.90. The van der Waals surface area contributed by atoms with Crippen LogP contribution in [0, 0.1) is 0 Å². The van der Waals surface area contributed by atoms with Crippen molar-refractivity contribution in [1.82, 2.24) is 4.90 Å². The van der Waals surface area contributed by atoms with Crippen molar-refractivity contribution < 1.29 is 14.3 Å². The predicted molar refractivity (Wildman–Crippen MR) is 109 cm³/mol. The lowest BCUT2D eigenvalue weighted by molar-refractivity contribution is 0.0195. The summed E-state index contributed by atoms with van der Waals surface area (Å²) in [4.78, 5) is 14.8. The second-order valence-corrected chi connectivity index (χ2v) is 8.89. The van der Waals surface area contributed by atoms with Gasteiger partial charge in [-0.3, -0.25) is 4.90 Å². The molecule has 26 heavy (non-hydrogen) atoms. The summed E-state index contributed by atoms with van der Waals surface area (Å²) in [5.41, 5.74) is 2.97. The Morgan fingerprint density at radius 1 is 1.00 bits per heavy atom. The summed E-state index contributed by atoms with van der Waals surface area (Å²) >= 11 is 0. The Labute approximate surface area is 164 Å². The van der Waals surface area contributed by atoms with Gasteiger partial charge in [0.2, 0.25) is 0 Å². The minimum Gasteiger partial charge on any atom is -0.461 e. The number of hydrogen-bond acceptors (Lipinski definition) is 4. The first kappa shape index (κ1) is 22.9. The van der Waals surface area contributed by atoms with Crippen molar-refractivity contribution in [2.75, 3.05) is 39.5 Å². The van der Waals surface area contributed by atoms with Crippen LogP contribution in [-0.2, 0) is 20.3 Å². The van der Waals surface area contributed by atoms with E-state index in [4.69, 9.17) is 9.47 Å². The Balaban J connectivity index is 0.00000338. The van der Waals surface area contributed by atoms with Gasteiger partial charge in [0.1, 0.15) is 6.61 Å². The van der Waals surface area contributed by atoms with Crippen LogP contribution in [-0.4, -0.2) is 50.3 Å². The molecule has 0 spiro atoms. The molecule has 1 aliphatic rings. The summed E-state index contributed by atoms with van der Waals surface area (Å²) in [7, 11) is 0. The zero-order valence-corrected chi connectivity index (χ0v) is 17.9. The Morgan fingerprint density at radius 3 is 1.96 bits per heavy atom. The van der Waals surface area contributed by atoms with Crippen molar-refractivity contribution in [2.24, 2.45) is 0 Å². The van der Waals surface area contributed by atoms with E-state index in [0.29, 0.717) is 12.2 Å².